The number of piperidine rings is 1. The lowest BCUT2D eigenvalue weighted by Crippen LogP contribution is -2.44. The van der Waals surface area contributed by atoms with Crippen LogP contribution in [0.2, 0.25) is 0 Å². The number of nitrogens with one attached hydrogen (secondary N) is 1. The summed E-state index contributed by atoms with van der Waals surface area (Å²) < 4.78 is 4.87. The molecule has 4 nitrogen and oxygen atoms in total. The highest BCUT2D eigenvalue weighted by molar-refractivity contribution is 5.76. The normalized spacial score (nSPS) is 22.5. The van der Waals surface area contributed by atoms with Crippen LogP contribution in [-0.4, -0.2) is 50.2 Å². The number of hydrogen-bond donors (Lipinski definition) is 1. The van der Waals surface area contributed by atoms with Gasteiger partial charge in [0.15, 0.2) is 0 Å². The second-order valence-corrected chi connectivity index (χ2v) is 6.78. The van der Waals surface area contributed by atoms with Gasteiger partial charge in [0.2, 0.25) is 0 Å². The van der Waals surface area contributed by atoms with Crippen molar-refractivity contribution < 1.29 is 9.53 Å². The number of rotatable bonds is 6. The molecule has 0 bridgehead atoms. The Morgan fingerprint density at radius 2 is 1.89 bits per heavy atom. The van der Waals surface area contributed by atoms with Crippen LogP contribution >= 0.6 is 0 Å². The van der Waals surface area contributed by atoms with Crippen molar-refractivity contribution >= 4 is 5.97 Å². The lowest BCUT2D eigenvalue weighted by molar-refractivity contribution is -0.152. The van der Waals surface area contributed by atoms with Crippen molar-refractivity contribution in [2.45, 2.75) is 45.6 Å². The smallest absolute Gasteiger partial charge is 0.312 e. The highest BCUT2D eigenvalue weighted by Gasteiger charge is 2.32. The summed E-state index contributed by atoms with van der Waals surface area (Å²) in [5.41, 5.74) is -0.395. The molecule has 0 atom stereocenters. The summed E-state index contributed by atoms with van der Waals surface area (Å²) in [7, 11) is 1.47. The zero-order chi connectivity index (χ0) is 13.9. The Bertz CT molecular complexity index is 305. The quantitative estimate of drug-likeness (QED) is 0.744. The molecule has 2 rings (SSSR count). The third kappa shape index (κ3) is 4.46. The lowest BCUT2D eigenvalue weighted by Gasteiger charge is -2.36. The monoisotopic (exact) mass is 268 g/mol. The van der Waals surface area contributed by atoms with E-state index in [9.17, 15) is 4.79 Å². The van der Waals surface area contributed by atoms with Crippen LogP contribution in [0.25, 0.3) is 0 Å². The molecule has 0 radical (unpaired) electrons. The molecule has 0 amide bonds. The molecule has 1 saturated carbocycles. The summed E-state index contributed by atoms with van der Waals surface area (Å²) in [6.07, 6.45) is 5.23. The van der Waals surface area contributed by atoms with Crippen molar-refractivity contribution in [3.05, 3.63) is 0 Å². The fourth-order valence-corrected chi connectivity index (χ4v) is 2.87. The van der Waals surface area contributed by atoms with Crippen LogP contribution in [0.4, 0.5) is 0 Å². The highest BCUT2D eigenvalue weighted by atomic mass is 16.5. The zero-order valence-corrected chi connectivity index (χ0v) is 12.6. The minimum Gasteiger partial charge on any atom is -0.469 e. The van der Waals surface area contributed by atoms with Crippen molar-refractivity contribution in [3.63, 3.8) is 0 Å². The fourth-order valence-electron chi connectivity index (χ4n) is 2.87. The number of nitrogens with zero attached hydrogens (tertiary/aromatic N) is 1. The molecule has 1 heterocycles. The van der Waals surface area contributed by atoms with Crippen molar-refractivity contribution in [2.75, 3.05) is 33.3 Å². The summed E-state index contributed by atoms with van der Waals surface area (Å²) in [5, 5.41) is 3.62. The molecule has 4 heteroatoms. The largest absolute Gasteiger partial charge is 0.469 e. The van der Waals surface area contributed by atoms with Crippen LogP contribution in [0.3, 0.4) is 0 Å². The Morgan fingerprint density at radius 1 is 1.26 bits per heavy atom. The van der Waals surface area contributed by atoms with E-state index in [1.165, 1.54) is 39.3 Å². The van der Waals surface area contributed by atoms with Gasteiger partial charge >= 0.3 is 5.97 Å². The van der Waals surface area contributed by atoms with Gasteiger partial charge in [0.05, 0.1) is 12.5 Å². The molecule has 0 spiro atoms. The highest BCUT2D eigenvalue weighted by Crippen LogP contribution is 2.25. The number of carbonyl (C=O) groups excluding carboxylic acids is 1. The lowest BCUT2D eigenvalue weighted by atomic mass is 9.90. The van der Waals surface area contributed by atoms with Crippen LogP contribution < -0.4 is 5.32 Å². The molecule has 1 saturated heterocycles. The molecule has 110 valence electrons. The number of carbonyl (C=O) groups is 1. The molecule has 0 aromatic rings. The van der Waals surface area contributed by atoms with Crippen molar-refractivity contribution in [1.29, 1.82) is 0 Å². The topological polar surface area (TPSA) is 41.6 Å². The van der Waals surface area contributed by atoms with Gasteiger partial charge in [-0.2, -0.15) is 0 Å². The number of likely N-dealkylation sites (tertiary alicyclic amines) is 1. The zero-order valence-electron chi connectivity index (χ0n) is 12.6. The van der Waals surface area contributed by atoms with E-state index in [1.54, 1.807) is 0 Å². The molecule has 2 aliphatic rings. The number of hydrogen-bond acceptors (Lipinski definition) is 4. The number of ether oxygens (including phenoxy) is 1. The molecule has 0 aromatic carbocycles. The van der Waals surface area contributed by atoms with Gasteiger partial charge in [-0.15, -0.1) is 0 Å². The number of esters is 1. The minimum atomic E-state index is -0.395. The summed E-state index contributed by atoms with van der Waals surface area (Å²) in [4.78, 5) is 14.1. The van der Waals surface area contributed by atoms with E-state index in [1.807, 2.05) is 13.8 Å². The van der Waals surface area contributed by atoms with E-state index >= 15 is 0 Å². The van der Waals surface area contributed by atoms with E-state index < -0.39 is 5.41 Å². The van der Waals surface area contributed by atoms with Gasteiger partial charge in [-0.1, -0.05) is 0 Å². The first-order chi connectivity index (χ1) is 9.01. The summed E-state index contributed by atoms with van der Waals surface area (Å²) >= 11 is 0. The van der Waals surface area contributed by atoms with Gasteiger partial charge in [-0.3, -0.25) is 4.79 Å². The average Bonchev–Trinajstić information content (AvgIpc) is 3.20. The molecule has 1 N–H and O–H groups in total. The minimum absolute atomic E-state index is 0.106. The van der Waals surface area contributed by atoms with Gasteiger partial charge in [-0.05, 0) is 65.1 Å². The average molecular weight is 268 g/mol. The maximum atomic E-state index is 11.7. The second kappa shape index (κ2) is 6.23. The Morgan fingerprint density at radius 3 is 2.42 bits per heavy atom. The van der Waals surface area contributed by atoms with Gasteiger partial charge in [-0.25, -0.2) is 0 Å². The third-order valence-electron chi connectivity index (χ3n) is 4.34. The van der Waals surface area contributed by atoms with Gasteiger partial charge in [0.25, 0.3) is 0 Å². The molecule has 1 aliphatic carbocycles. The van der Waals surface area contributed by atoms with Crippen LogP contribution in [0.15, 0.2) is 0 Å². The molecule has 1 aliphatic heterocycles. The van der Waals surface area contributed by atoms with E-state index in [4.69, 9.17) is 4.74 Å². The van der Waals surface area contributed by atoms with Crippen LogP contribution in [0.1, 0.15) is 39.5 Å². The van der Waals surface area contributed by atoms with Crippen molar-refractivity contribution in [2.24, 2.45) is 11.3 Å². The maximum absolute atomic E-state index is 11.7. The first kappa shape index (κ1) is 14.8. The standard InChI is InChI=1S/C15H28N2O2/c1-15(2,14(18)19-3)11-17-8-6-12(7-9-17)10-16-13-4-5-13/h12-13,16H,4-11H2,1-3H3. The van der Waals surface area contributed by atoms with Gasteiger partial charge < -0.3 is 15.0 Å². The second-order valence-electron chi connectivity index (χ2n) is 6.78. The SMILES string of the molecule is COC(=O)C(C)(C)CN1CCC(CNC2CC2)CC1. The van der Waals surface area contributed by atoms with Crippen molar-refractivity contribution in [1.82, 2.24) is 10.2 Å². The fraction of sp³-hybridized carbons (Fsp3) is 0.933. The van der Waals surface area contributed by atoms with Gasteiger partial charge in [0.1, 0.15) is 0 Å². The Hall–Kier alpha value is -0.610. The van der Waals surface area contributed by atoms with E-state index in [2.05, 4.69) is 10.2 Å². The Kier molecular flexibility index (Phi) is 4.85. The first-order valence-electron chi connectivity index (χ1n) is 7.55. The summed E-state index contributed by atoms with van der Waals surface area (Å²) in [6, 6.07) is 0.816. The summed E-state index contributed by atoms with van der Waals surface area (Å²) in [6.45, 7) is 8.15. The third-order valence-corrected chi connectivity index (χ3v) is 4.34. The van der Waals surface area contributed by atoms with Crippen LogP contribution in [0.5, 0.6) is 0 Å². The summed E-state index contributed by atoms with van der Waals surface area (Å²) in [5.74, 6) is 0.711. The number of methoxy groups -OCH3 is 1. The van der Waals surface area contributed by atoms with Crippen molar-refractivity contribution in [3.8, 4) is 0 Å². The molecule has 0 aromatic heterocycles. The van der Waals surface area contributed by atoms with Crippen LogP contribution in [0, 0.1) is 11.3 Å². The maximum Gasteiger partial charge on any atom is 0.312 e. The molecule has 0 unspecified atom stereocenters. The van der Waals surface area contributed by atoms with Crippen LogP contribution in [-0.2, 0) is 9.53 Å². The van der Waals surface area contributed by atoms with E-state index in [0.29, 0.717) is 0 Å². The molecule has 2 fully saturated rings. The molecular weight excluding hydrogens is 240 g/mol. The predicted molar refractivity (Wildman–Crippen MR) is 76.0 cm³/mol. The van der Waals surface area contributed by atoms with E-state index in [-0.39, 0.29) is 5.97 Å². The Balaban J connectivity index is 1.68. The predicted octanol–water partition coefficient (Wildman–Crippen LogP) is 1.65. The first-order valence-corrected chi connectivity index (χ1v) is 7.55. The molecule has 19 heavy (non-hydrogen) atoms. The van der Waals surface area contributed by atoms with Gasteiger partial charge in [0, 0.05) is 12.6 Å². The Labute approximate surface area is 116 Å². The molecular formula is C15H28N2O2. The van der Waals surface area contributed by atoms with E-state index in [0.717, 1.165) is 31.6 Å².